The van der Waals surface area contributed by atoms with Gasteiger partial charge in [0.15, 0.2) is 17.4 Å². The second-order valence-corrected chi connectivity index (χ2v) is 6.74. The Morgan fingerprint density at radius 1 is 1.22 bits per heavy atom. The molecule has 3 rings (SSSR count). The van der Waals surface area contributed by atoms with E-state index >= 15 is 0 Å². The molecule has 0 unspecified atom stereocenters. The number of nitrogens with zero attached hydrogens (tertiary/aromatic N) is 3. The summed E-state index contributed by atoms with van der Waals surface area (Å²) in [5.41, 5.74) is 0. The second-order valence-electron chi connectivity index (χ2n) is 5.67. The van der Waals surface area contributed by atoms with Crippen molar-refractivity contribution in [2.24, 2.45) is 0 Å². The van der Waals surface area contributed by atoms with Crippen LogP contribution in [0.1, 0.15) is 43.8 Å². The van der Waals surface area contributed by atoms with Crippen LogP contribution < -0.4 is 10.6 Å². The Balaban J connectivity index is 1.51. The molecule has 23 heavy (non-hydrogen) atoms. The molecule has 1 heterocycles. The molecule has 0 radical (unpaired) electrons. The molecule has 1 fully saturated rings. The summed E-state index contributed by atoms with van der Waals surface area (Å²) in [5.74, 6) is 7.97. The molecule has 0 bridgehead atoms. The van der Waals surface area contributed by atoms with Gasteiger partial charge in [-0.3, -0.25) is 0 Å². The number of para-hydroxylation sites is 1. The average Bonchev–Trinajstić information content (AvgIpc) is 2.95. The molecule has 2 N–H and O–H groups in total. The number of aromatic nitrogens is 3. The average molecular weight is 336 g/mol. The van der Waals surface area contributed by atoms with Crippen molar-refractivity contribution in [1.29, 1.82) is 0 Å². The van der Waals surface area contributed by atoms with Crippen molar-refractivity contribution in [2.75, 3.05) is 18.2 Å². The molecule has 0 aliphatic heterocycles. The molecule has 0 atom stereocenters. The molecular weight excluding hydrogens is 315 g/mol. The molecule has 5 nitrogen and oxygen atoms in total. The molecule has 2 aromatic rings. The molecule has 0 saturated heterocycles. The standard InChI is InChI=1S/C16H21FN4OS/c17-13-8-4-5-9-14(13)22-10-11-23-16-20-19-15(21(16)18)12-6-2-1-3-7-12/h4-5,8-9,12H,1-3,6-7,10-11,18H2. The Kier molecular flexibility index (Phi) is 5.38. The van der Waals surface area contributed by atoms with Crippen LogP contribution in [0.5, 0.6) is 5.75 Å². The lowest BCUT2D eigenvalue weighted by molar-refractivity contribution is 0.325. The number of halogens is 1. The van der Waals surface area contributed by atoms with Gasteiger partial charge in [0.1, 0.15) is 0 Å². The van der Waals surface area contributed by atoms with Crippen LogP contribution in [0.3, 0.4) is 0 Å². The highest BCUT2D eigenvalue weighted by Gasteiger charge is 2.22. The number of hydrogen-bond acceptors (Lipinski definition) is 5. The van der Waals surface area contributed by atoms with Gasteiger partial charge in [-0.1, -0.05) is 43.2 Å². The first kappa shape index (κ1) is 16.1. The molecule has 7 heteroatoms. The Hall–Kier alpha value is -1.76. The number of hydrogen-bond donors (Lipinski definition) is 1. The Labute approximate surface area is 139 Å². The number of ether oxygens (including phenoxy) is 1. The molecular formula is C16H21FN4OS. The number of benzene rings is 1. The predicted octanol–water partition coefficient (Wildman–Crippen LogP) is 3.35. The van der Waals surface area contributed by atoms with Crippen molar-refractivity contribution >= 4 is 11.8 Å². The molecule has 0 amide bonds. The third-order valence-corrected chi connectivity index (χ3v) is 4.98. The fraction of sp³-hybridized carbons (Fsp3) is 0.500. The monoisotopic (exact) mass is 336 g/mol. The summed E-state index contributed by atoms with van der Waals surface area (Å²) in [6.45, 7) is 0.386. The largest absolute Gasteiger partial charge is 0.490 e. The van der Waals surface area contributed by atoms with Crippen molar-refractivity contribution in [2.45, 2.75) is 43.2 Å². The summed E-state index contributed by atoms with van der Waals surface area (Å²) in [5, 5.41) is 9.11. The van der Waals surface area contributed by atoms with Gasteiger partial charge in [0.05, 0.1) is 6.61 Å². The van der Waals surface area contributed by atoms with E-state index in [0.717, 1.165) is 18.7 Å². The summed E-state index contributed by atoms with van der Waals surface area (Å²) >= 11 is 1.47. The van der Waals surface area contributed by atoms with E-state index in [1.807, 2.05) is 0 Å². The SMILES string of the molecule is Nn1c(SCCOc2ccccc2F)nnc1C1CCCCC1. The lowest BCUT2D eigenvalue weighted by Gasteiger charge is -2.20. The summed E-state index contributed by atoms with van der Waals surface area (Å²) in [7, 11) is 0. The maximum Gasteiger partial charge on any atom is 0.209 e. The number of nitrogen functional groups attached to an aromatic ring is 1. The minimum absolute atomic E-state index is 0.269. The highest BCUT2D eigenvalue weighted by atomic mass is 32.2. The minimum atomic E-state index is -0.348. The summed E-state index contributed by atoms with van der Waals surface area (Å²) in [6, 6.07) is 6.39. The fourth-order valence-electron chi connectivity index (χ4n) is 2.87. The molecule has 124 valence electrons. The van der Waals surface area contributed by atoms with Gasteiger partial charge < -0.3 is 10.6 Å². The highest BCUT2D eigenvalue weighted by Crippen LogP contribution is 2.32. The van der Waals surface area contributed by atoms with Crippen LogP contribution >= 0.6 is 11.8 Å². The molecule has 1 aromatic heterocycles. The van der Waals surface area contributed by atoms with E-state index in [1.165, 1.54) is 37.1 Å². The summed E-state index contributed by atoms with van der Waals surface area (Å²) in [4.78, 5) is 0. The molecule has 1 aliphatic carbocycles. The van der Waals surface area contributed by atoms with Crippen LogP contribution in [0, 0.1) is 5.82 Å². The van der Waals surface area contributed by atoms with Gasteiger partial charge in [-0.2, -0.15) is 0 Å². The molecule has 1 saturated carbocycles. The lowest BCUT2D eigenvalue weighted by atomic mass is 9.89. The van der Waals surface area contributed by atoms with E-state index in [0.29, 0.717) is 23.4 Å². The zero-order valence-corrected chi connectivity index (χ0v) is 13.8. The first-order valence-electron chi connectivity index (χ1n) is 7.96. The van der Waals surface area contributed by atoms with Crippen molar-refractivity contribution < 1.29 is 9.13 Å². The van der Waals surface area contributed by atoms with Crippen LogP contribution in [0.4, 0.5) is 4.39 Å². The second kappa shape index (κ2) is 7.68. The van der Waals surface area contributed by atoms with Gasteiger partial charge in [-0.15, -0.1) is 10.2 Å². The lowest BCUT2D eigenvalue weighted by Crippen LogP contribution is -2.18. The van der Waals surface area contributed by atoms with E-state index in [-0.39, 0.29) is 11.6 Å². The maximum atomic E-state index is 13.4. The Bertz CT molecular complexity index is 643. The van der Waals surface area contributed by atoms with Crippen molar-refractivity contribution in [3.8, 4) is 5.75 Å². The predicted molar refractivity (Wildman–Crippen MR) is 88.6 cm³/mol. The van der Waals surface area contributed by atoms with E-state index in [9.17, 15) is 4.39 Å². The first-order valence-corrected chi connectivity index (χ1v) is 8.95. The number of nitrogens with two attached hydrogens (primary N) is 1. The van der Waals surface area contributed by atoms with E-state index < -0.39 is 0 Å². The van der Waals surface area contributed by atoms with Gasteiger partial charge in [0.2, 0.25) is 5.16 Å². The topological polar surface area (TPSA) is 66.0 Å². The Morgan fingerprint density at radius 3 is 2.78 bits per heavy atom. The van der Waals surface area contributed by atoms with Crippen molar-refractivity contribution in [3.05, 3.63) is 35.9 Å². The quantitative estimate of drug-likeness (QED) is 0.498. The van der Waals surface area contributed by atoms with Gasteiger partial charge in [0.25, 0.3) is 0 Å². The fourth-order valence-corrected chi connectivity index (χ4v) is 3.55. The van der Waals surface area contributed by atoms with Crippen LogP contribution in [0.15, 0.2) is 29.4 Å². The van der Waals surface area contributed by atoms with Crippen molar-refractivity contribution in [1.82, 2.24) is 14.9 Å². The van der Waals surface area contributed by atoms with E-state index in [1.54, 1.807) is 22.9 Å². The summed E-state index contributed by atoms with van der Waals surface area (Å²) < 4.78 is 20.5. The van der Waals surface area contributed by atoms with Gasteiger partial charge >= 0.3 is 0 Å². The van der Waals surface area contributed by atoms with Crippen LogP contribution in [-0.2, 0) is 0 Å². The first-order chi connectivity index (χ1) is 11.3. The van der Waals surface area contributed by atoms with Crippen LogP contribution in [0.2, 0.25) is 0 Å². The highest BCUT2D eigenvalue weighted by molar-refractivity contribution is 7.99. The van der Waals surface area contributed by atoms with Gasteiger partial charge in [0, 0.05) is 11.7 Å². The zero-order valence-electron chi connectivity index (χ0n) is 12.9. The Morgan fingerprint density at radius 2 is 2.00 bits per heavy atom. The third kappa shape index (κ3) is 3.96. The van der Waals surface area contributed by atoms with E-state index in [4.69, 9.17) is 10.6 Å². The summed E-state index contributed by atoms with van der Waals surface area (Å²) in [6.07, 6.45) is 6.03. The zero-order chi connectivity index (χ0) is 16.1. The van der Waals surface area contributed by atoms with Crippen molar-refractivity contribution in [3.63, 3.8) is 0 Å². The third-order valence-electron chi connectivity index (χ3n) is 4.07. The van der Waals surface area contributed by atoms with Crippen LogP contribution in [-0.4, -0.2) is 27.2 Å². The minimum Gasteiger partial charge on any atom is -0.490 e. The smallest absolute Gasteiger partial charge is 0.209 e. The normalized spacial score (nSPS) is 15.7. The number of rotatable bonds is 6. The van der Waals surface area contributed by atoms with Gasteiger partial charge in [-0.25, -0.2) is 9.07 Å². The van der Waals surface area contributed by atoms with Crippen LogP contribution in [0.25, 0.3) is 0 Å². The van der Waals surface area contributed by atoms with Gasteiger partial charge in [-0.05, 0) is 25.0 Å². The number of thioether (sulfide) groups is 1. The maximum absolute atomic E-state index is 13.4. The molecule has 1 aromatic carbocycles. The molecule has 0 spiro atoms. The molecule has 1 aliphatic rings. The van der Waals surface area contributed by atoms with E-state index in [2.05, 4.69) is 10.2 Å².